The van der Waals surface area contributed by atoms with E-state index in [1.165, 1.54) is 17.5 Å². The lowest BCUT2D eigenvalue weighted by Gasteiger charge is -1.95. The van der Waals surface area contributed by atoms with Crippen LogP contribution in [0.3, 0.4) is 0 Å². The Morgan fingerprint density at radius 3 is 2.80 bits per heavy atom. The summed E-state index contributed by atoms with van der Waals surface area (Å²) in [7, 11) is 0. The molecule has 0 spiro atoms. The Morgan fingerprint density at radius 2 is 2.27 bits per heavy atom. The van der Waals surface area contributed by atoms with E-state index in [4.69, 9.17) is 11.6 Å². The lowest BCUT2D eigenvalue weighted by molar-refractivity contribution is 0.103. The molecule has 0 aliphatic heterocycles. The molecule has 3 nitrogen and oxygen atoms in total. The van der Waals surface area contributed by atoms with Gasteiger partial charge in [0.1, 0.15) is 5.15 Å². The van der Waals surface area contributed by atoms with Gasteiger partial charge in [0, 0.05) is 22.8 Å². The molecular weight excluding hydrogens is 232 g/mol. The molecule has 0 aliphatic carbocycles. The summed E-state index contributed by atoms with van der Waals surface area (Å²) in [6, 6.07) is 3.24. The summed E-state index contributed by atoms with van der Waals surface area (Å²) in [5.74, 6) is -0.114. The maximum absolute atomic E-state index is 11.8. The zero-order chi connectivity index (χ0) is 10.8. The van der Waals surface area contributed by atoms with Gasteiger partial charge < -0.3 is 0 Å². The van der Waals surface area contributed by atoms with E-state index in [9.17, 15) is 4.79 Å². The monoisotopic (exact) mass is 238 g/mol. The van der Waals surface area contributed by atoms with Crippen molar-refractivity contribution in [1.29, 1.82) is 0 Å². The van der Waals surface area contributed by atoms with Crippen LogP contribution in [0.2, 0.25) is 5.15 Å². The molecule has 0 saturated heterocycles. The van der Waals surface area contributed by atoms with Crippen LogP contribution in [-0.2, 0) is 0 Å². The molecule has 0 amide bonds. The molecule has 0 fully saturated rings. The minimum atomic E-state index is -0.114. The maximum atomic E-state index is 11.8. The molecule has 0 unspecified atom stereocenters. The molecule has 2 heterocycles. The van der Waals surface area contributed by atoms with Crippen molar-refractivity contribution >= 4 is 28.7 Å². The van der Waals surface area contributed by atoms with Crippen molar-refractivity contribution in [2.45, 2.75) is 6.92 Å². The van der Waals surface area contributed by atoms with Gasteiger partial charge in [0.15, 0.2) is 5.01 Å². The summed E-state index contributed by atoms with van der Waals surface area (Å²) in [4.78, 5) is 19.8. The van der Waals surface area contributed by atoms with Crippen molar-refractivity contribution in [3.63, 3.8) is 0 Å². The van der Waals surface area contributed by atoms with E-state index in [0.717, 1.165) is 5.69 Å². The average Bonchev–Trinajstić information content (AvgIpc) is 2.65. The van der Waals surface area contributed by atoms with Crippen LogP contribution in [0, 0.1) is 6.92 Å². The smallest absolute Gasteiger partial charge is 0.223 e. The average molecular weight is 239 g/mol. The third-order valence-electron chi connectivity index (χ3n) is 1.80. The lowest BCUT2D eigenvalue weighted by Crippen LogP contribution is -2.01. The number of aromatic nitrogens is 2. The molecule has 0 N–H and O–H groups in total. The summed E-state index contributed by atoms with van der Waals surface area (Å²) in [5.41, 5.74) is 1.36. The fourth-order valence-corrected chi connectivity index (χ4v) is 1.96. The highest BCUT2D eigenvalue weighted by molar-refractivity contribution is 7.12. The second kappa shape index (κ2) is 4.08. The molecule has 5 heteroatoms. The highest BCUT2D eigenvalue weighted by Gasteiger charge is 2.12. The molecule has 0 bridgehead atoms. The fraction of sp³-hybridized carbons (Fsp3) is 0.100. The van der Waals surface area contributed by atoms with E-state index in [1.54, 1.807) is 12.1 Å². The molecule has 0 radical (unpaired) electrons. The minimum Gasteiger partial charge on any atom is -0.286 e. The van der Waals surface area contributed by atoms with E-state index in [1.807, 2.05) is 12.3 Å². The van der Waals surface area contributed by atoms with Gasteiger partial charge in [0.05, 0.1) is 0 Å². The summed E-state index contributed by atoms with van der Waals surface area (Å²) >= 11 is 6.97. The first-order valence-corrected chi connectivity index (χ1v) is 5.51. The van der Waals surface area contributed by atoms with Crippen molar-refractivity contribution in [2.75, 3.05) is 0 Å². The molecule has 2 rings (SSSR count). The second-order valence-corrected chi connectivity index (χ2v) is 4.24. The second-order valence-electron chi connectivity index (χ2n) is 2.99. The minimum absolute atomic E-state index is 0.114. The molecule has 15 heavy (non-hydrogen) atoms. The normalized spacial score (nSPS) is 10.3. The number of pyridine rings is 1. The highest BCUT2D eigenvalue weighted by Crippen LogP contribution is 2.15. The van der Waals surface area contributed by atoms with E-state index in [0.29, 0.717) is 15.7 Å². The predicted octanol–water partition coefficient (Wildman–Crippen LogP) is 2.73. The zero-order valence-electron chi connectivity index (χ0n) is 7.90. The van der Waals surface area contributed by atoms with Crippen molar-refractivity contribution in [2.24, 2.45) is 0 Å². The van der Waals surface area contributed by atoms with Crippen molar-refractivity contribution in [3.05, 3.63) is 45.1 Å². The SMILES string of the molecule is Cc1csc(C(=O)c2ccc(Cl)nc2)n1. The van der Waals surface area contributed by atoms with Gasteiger partial charge in [0.2, 0.25) is 5.78 Å². The Bertz CT molecular complexity index is 492. The Hall–Kier alpha value is -1.26. The van der Waals surface area contributed by atoms with Crippen LogP contribution in [0.1, 0.15) is 21.1 Å². The quantitative estimate of drug-likeness (QED) is 0.597. The van der Waals surface area contributed by atoms with Gasteiger partial charge >= 0.3 is 0 Å². The first-order chi connectivity index (χ1) is 7.16. The molecule has 0 atom stereocenters. The van der Waals surface area contributed by atoms with Gasteiger partial charge in [0.25, 0.3) is 0 Å². The van der Waals surface area contributed by atoms with Crippen LogP contribution in [0.5, 0.6) is 0 Å². The van der Waals surface area contributed by atoms with Crippen LogP contribution in [-0.4, -0.2) is 15.8 Å². The van der Waals surface area contributed by atoms with Crippen LogP contribution >= 0.6 is 22.9 Å². The Labute approximate surface area is 95.8 Å². The number of hydrogen-bond donors (Lipinski definition) is 0. The Morgan fingerprint density at radius 1 is 1.47 bits per heavy atom. The molecular formula is C10H7ClN2OS. The number of thiazole rings is 1. The third kappa shape index (κ3) is 2.22. The Kier molecular flexibility index (Phi) is 2.79. The standard InChI is InChI=1S/C10H7ClN2OS/c1-6-5-15-10(13-6)9(14)7-2-3-8(11)12-4-7/h2-5H,1H3. The summed E-state index contributed by atoms with van der Waals surface area (Å²) in [6.45, 7) is 1.85. The zero-order valence-corrected chi connectivity index (χ0v) is 9.47. The number of rotatable bonds is 2. The lowest BCUT2D eigenvalue weighted by atomic mass is 10.2. The van der Waals surface area contributed by atoms with Crippen molar-refractivity contribution in [3.8, 4) is 0 Å². The third-order valence-corrected chi connectivity index (χ3v) is 2.99. The summed E-state index contributed by atoms with van der Waals surface area (Å²) < 4.78 is 0. The van der Waals surface area contributed by atoms with E-state index < -0.39 is 0 Å². The molecule has 0 aliphatic rings. The fourth-order valence-electron chi connectivity index (χ4n) is 1.09. The van der Waals surface area contributed by atoms with Crippen molar-refractivity contribution < 1.29 is 4.79 Å². The molecule has 2 aromatic heterocycles. The van der Waals surface area contributed by atoms with E-state index in [2.05, 4.69) is 9.97 Å². The van der Waals surface area contributed by atoms with E-state index >= 15 is 0 Å². The molecule has 0 aromatic carbocycles. The molecule has 2 aromatic rings. The van der Waals surface area contributed by atoms with Crippen molar-refractivity contribution in [1.82, 2.24) is 9.97 Å². The number of carbonyl (C=O) groups excluding carboxylic acids is 1. The topological polar surface area (TPSA) is 42.9 Å². The van der Waals surface area contributed by atoms with E-state index in [-0.39, 0.29) is 5.78 Å². The number of carbonyl (C=O) groups is 1. The van der Waals surface area contributed by atoms with Gasteiger partial charge in [-0.05, 0) is 19.1 Å². The van der Waals surface area contributed by atoms with Gasteiger partial charge in [-0.25, -0.2) is 9.97 Å². The highest BCUT2D eigenvalue weighted by atomic mass is 35.5. The largest absolute Gasteiger partial charge is 0.286 e. The number of nitrogens with zero attached hydrogens (tertiary/aromatic N) is 2. The number of ketones is 1. The van der Waals surface area contributed by atoms with Crippen LogP contribution in [0.25, 0.3) is 0 Å². The van der Waals surface area contributed by atoms with Crippen LogP contribution in [0.4, 0.5) is 0 Å². The van der Waals surface area contributed by atoms with Crippen LogP contribution < -0.4 is 0 Å². The van der Waals surface area contributed by atoms with Gasteiger partial charge in [-0.15, -0.1) is 11.3 Å². The predicted molar refractivity (Wildman–Crippen MR) is 59.5 cm³/mol. The van der Waals surface area contributed by atoms with Gasteiger partial charge in [-0.1, -0.05) is 11.6 Å². The molecule has 0 saturated carbocycles. The van der Waals surface area contributed by atoms with Gasteiger partial charge in [-0.2, -0.15) is 0 Å². The maximum Gasteiger partial charge on any atom is 0.223 e. The van der Waals surface area contributed by atoms with Gasteiger partial charge in [-0.3, -0.25) is 4.79 Å². The Balaban J connectivity index is 2.32. The first-order valence-electron chi connectivity index (χ1n) is 4.25. The van der Waals surface area contributed by atoms with Crippen LogP contribution in [0.15, 0.2) is 23.7 Å². The summed E-state index contributed by atoms with van der Waals surface area (Å²) in [6.07, 6.45) is 1.46. The number of aryl methyl sites for hydroxylation is 1. The first kappa shape index (κ1) is 10.3. The number of hydrogen-bond acceptors (Lipinski definition) is 4. The number of halogens is 1. The molecule has 76 valence electrons. The summed E-state index contributed by atoms with van der Waals surface area (Å²) in [5, 5.41) is 2.70.